The number of amides is 1. The summed E-state index contributed by atoms with van der Waals surface area (Å²) in [6.07, 6.45) is -5.83. The van der Waals surface area contributed by atoms with Crippen LogP contribution in [0.15, 0.2) is 53.6 Å². The van der Waals surface area contributed by atoms with E-state index in [9.17, 15) is 23.1 Å². The number of carbonyl (C=O) groups is 1. The van der Waals surface area contributed by atoms with Crippen LogP contribution < -0.4 is 4.74 Å². The molecule has 0 aliphatic carbocycles. The van der Waals surface area contributed by atoms with E-state index in [1.54, 1.807) is 48.5 Å². The Labute approximate surface area is 152 Å². The molecule has 0 aromatic heterocycles. The van der Waals surface area contributed by atoms with E-state index < -0.39 is 30.1 Å². The first kappa shape index (κ1) is 17.5. The van der Waals surface area contributed by atoms with Crippen molar-refractivity contribution in [3.8, 4) is 11.5 Å². The molecule has 0 saturated heterocycles. The number of aliphatic hydroxyl groups is 1. The molecule has 4 rings (SSSR count). The summed E-state index contributed by atoms with van der Waals surface area (Å²) in [5, 5.41) is 14.2. The van der Waals surface area contributed by atoms with Crippen LogP contribution in [0.2, 0.25) is 0 Å². The van der Waals surface area contributed by atoms with E-state index in [-0.39, 0.29) is 10.7 Å². The average molecular weight is 376 g/mol. The van der Waals surface area contributed by atoms with Gasteiger partial charge < -0.3 is 9.84 Å². The summed E-state index contributed by atoms with van der Waals surface area (Å²) in [6, 6.07) is 13.3. The summed E-state index contributed by atoms with van der Waals surface area (Å²) < 4.78 is 46.4. The zero-order chi connectivity index (χ0) is 19.4. The van der Waals surface area contributed by atoms with E-state index in [1.807, 2.05) is 0 Å². The lowest BCUT2D eigenvalue weighted by Crippen LogP contribution is -2.57. The second kappa shape index (κ2) is 5.82. The minimum Gasteiger partial charge on any atom is -0.457 e. The summed E-state index contributed by atoms with van der Waals surface area (Å²) in [5.74, 6) is -1.28. The Morgan fingerprint density at radius 3 is 2.19 bits per heavy atom. The summed E-state index contributed by atoms with van der Waals surface area (Å²) in [7, 11) is 0. The Morgan fingerprint density at radius 2 is 1.67 bits per heavy atom. The van der Waals surface area contributed by atoms with E-state index in [1.165, 1.54) is 6.92 Å². The van der Waals surface area contributed by atoms with Crippen LogP contribution in [0.1, 0.15) is 30.4 Å². The number of para-hydroxylation sites is 2. The molecule has 2 aliphatic rings. The number of carbonyl (C=O) groups excluding carboxylic acids is 1. The van der Waals surface area contributed by atoms with E-state index in [0.29, 0.717) is 22.6 Å². The van der Waals surface area contributed by atoms with Crippen molar-refractivity contribution in [1.82, 2.24) is 5.01 Å². The van der Waals surface area contributed by atoms with Gasteiger partial charge in [-0.3, -0.25) is 4.79 Å². The SMILES string of the molecule is CC1=NN(C(=O)C2c3ccccc3Oc3ccccc32)[C@@](O)(C(F)(F)F)C1. The van der Waals surface area contributed by atoms with Crippen molar-refractivity contribution in [3.05, 3.63) is 59.7 Å². The summed E-state index contributed by atoms with van der Waals surface area (Å²) in [6.45, 7) is 1.34. The number of hydrogen-bond acceptors (Lipinski definition) is 4. The predicted molar refractivity (Wildman–Crippen MR) is 90.4 cm³/mol. The number of rotatable bonds is 1. The molecule has 27 heavy (non-hydrogen) atoms. The molecule has 0 unspecified atom stereocenters. The molecule has 1 amide bonds. The molecule has 0 bridgehead atoms. The van der Waals surface area contributed by atoms with Crippen LogP contribution in [0, 0.1) is 0 Å². The van der Waals surface area contributed by atoms with Crippen LogP contribution in [0.4, 0.5) is 13.2 Å². The molecule has 2 heterocycles. The zero-order valence-corrected chi connectivity index (χ0v) is 14.2. The van der Waals surface area contributed by atoms with E-state index in [0.717, 1.165) is 0 Å². The monoisotopic (exact) mass is 376 g/mol. The first-order valence-electron chi connectivity index (χ1n) is 8.25. The summed E-state index contributed by atoms with van der Waals surface area (Å²) >= 11 is 0. The van der Waals surface area contributed by atoms with Gasteiger partial charge in [-0.05, 0) is 19.1 Å². The minimum atomic E-state index is -5.05. The van der Waals surface area contributed by atoms with Gasteiger partial charge in [0, 0.05) is 23.3 Å². The van der Waals surface area contributed by atoms with Gasteiger partial charge in [0.25, 0.3) is 11.6 Å². The quantitative estimate of drug-likeness (QED) is 0.824. The van der Waals surface area contributed by atoms with Crippen molar-refractivity contribution < 1.29 is 27.8 Å². The molecule has 0 fully saturated rings. The molecular formula is C19H15F3N2O3. The molecule has 1 N–H and O–H groups in total. The number of ether oxygens (including phenoxy) is 1. The molecule has 2 aromatic rings. The second-order valence-electron chi connectivity index (χ2n) is 6.59. The minimum absolute atomic E-state index is 0.0248. The van der Waals surface area contributed by atoms with Crippen molar-refractivity contribution >= 4 is 11.6 Å². The van der Waals surface area contributed by atoms with Crippen molar-refractivity contribution in [2.75, 3.05) is 0 Å². The van der Waals surface area contributed by atoms with E-state index in [2.05, 4.69) is 5.10 Å². The highest BCUT2D eigenvalue weighted by Gasteiger charge is 2.63. The molecule has 0 saturated carbocycles. The third-order valence-electron chi connectivity index (χ3n) is 4.71. The maximum absolute atomic E-state index is 13.5. The topological polar surface area (TPSA) is 62.1 Å². The van der Waals surface area contributed by atoms with Crippen LogP contribution in [0.5, 0.6) is 11.5 Å². The molecule has 5 nitrogen and oxygen atoms in total. The Bertz CT molecular complexity index is 912. The zero-order valence-electron chi connectivity index (χ0n) is 14.2. The van der Waals surface area contributed by atoms with Gasteiger partial charge in [0.05, 0.1) is 5.92 Å². The Hall–Kier alpha value is -2.87. The number of hydrogen-bond donors (Lipinski definition) is 1. The molecule has 0 spiro atoms. The van der Waals surface area contributed by atoms with Gasteiger partial charge >= 0.3 is 6.18 Å². The lowest BCUT2D eigenvalue weighted by Gasteiger charge is -2.36. The number of alkyl halides is 3. The van der Waals surface area contributed by atoms with Gasteiger partial charge in [0.15, 0.2) is 0 Å². The Balaban J connectivity index is 1.85. The largest absolute Gasteiger partial charge is 0.457 e. The number of fused-ring (bicyclic) bond motifs is 2. The molecule has 2 aromatic carbocycles. The van der Waals surface area contributed by atoms with Crippen molar-refractivity contribution in [2.45, 2.75) is 31.2 Å². The lowest BCUT2D eigenvalue weighted by molar-refractivity contribution is -0.302. The van der Waals surface area contributed by atoms with Crippen molar-refractivity contribution in [1.29, 1.82) is 0 Å². The van der Waals surface area contributed by atoms with Gasteiger partial charge in [-0.1, -0.05) is 36.4 Å². The number of halogens is 3. The van der Waals surface area contributed by atoms with Crippen molar-refractivity contribution in [3.63, 3.8) is 0 Å². The summed E-state index contributed by atoms with van der Waals surface area (Å²) in [4.78, 5) is 13.2. The molecule has 1 atom stereocenters. The highest BCUT2D eigenvalue weighted by molar-refractivity contribution is 5.94. The maximum atomic E-state index is 13.5. The van der Waals surface area contributed by atoms with Crippen LogP contribution in [0.25, 0.3) is 0 Å². The molecular weight excluding hydrogens is 361 g/mol. The third kappa shape index (κ3) is 2.59. The highest BCUT2D eigenvalue weighted by atomic mass is 19.4. The predicted octanol–water partition coefficient (Wildman–Crippen LogP) is 3.78. The van der Waals surface area contributed by atoms with Gasteiger partial charge in [-0.2, -0.15) is 23.3 Å². The van der Waals surface area contributed by atoms with Crippen LogP contribution >= 0.6 is 0 Å². The van der Waals surface area contributed by atoms with Crippen LogP contribution in [-0.4, -0.2) is 33.6 Å². The molecule has 140 valence electrons. The van der Waals surface area contributed by atoms with Gasteiger partial charge in [-0.25, -0.2) is 0 Å². The fourth-order valence-corrected chi connectivity index (χ4v) is 3.47. The average Bonchev–Trinajstić information content (AvgIpc) is 2.94. The second-order valence-corrected chi connectivity index (χ2v) is 6.59. The maximum Gasteiger partial charge on any atom is 0.438 e. The molecule has 0 radical (unpaired) electrons. The number of hydrazone groups is 1. The number of benzene rings is 2. The highest BCUT2D eigenvalue weighted by Crippen LogP contribution is 2.48. The van der Waals surface area contributed by atoms with Gasteiger partial charge in [0.2, 0.25) is 0 Å². The van der Waals surface area contributed by atoms with Crippen molar-refractivity contribution in [2.24, 2.45) is 5.10 Å². The van der Waals surface area contributed by atoms with Crippen LogP contribution in [0.3, 0.4) is 0 Å². The smallest absolute Gasteiger partial charge is 0.438 e. The first-order valence-corrected chi connectivity index (χ1v) is 8.25. The van der Waals surface area contributed by atoms with E-state index >= 15 is 0 Å². The fourth-order valence-electron chi connectivity index (χ4n) is 3.47. The summed E-state index contributed by atoms with van der Waals surface area (Å²) in [5.41, 5.74) is -2.50. The standard InChI is InChI=1S/C19H15F3N2O3/c1-11-10-18(26,19(20,21)22)24(23-11)17(25)16-12-6-2-4-8-14(12)27-15-9-5-3-7-13(15)16/h2-9,16,26H,10H2,1H3/t18-/m0/s1. The number of nitrogens with zero attached hydrogens (tertiary/aromatic N) is 2. The third-order valence-corrected chi connectivity index (χ3v) is 4.71. The lowest BCUT2D eigenvalue weighted by atomic mass is 9.86. The Morgan fingerprint density at radius 1 is 1.15 bits per heavy atom. The van der Waals surface area contributed by atoms with Crippen LogP contribution in [-0.2, 0) is 4.79 Å². The van der Waals surface area contributed by atoms with Gasteiger partial charge in [-0.15, -0.1) is 0 Å². The normalized spacial score (nSPS) is 22.0. The Kier molecular flexibility index (Phi) is 3.78. The molecule has 8 heteroatoms. The fraction of sp³-hybridized carbons (Fsp3) is 0.263. The first-order chi connectivity index (χ1) is 12.7. The molecule has 2 aliphatic heterocycles. The van der Waals surface area contributed by atoms with Gasteiger partial charge in [0.1, 0.15) is 11.5 Å². The van der Waals surface area contributed by atoms with E-state index in [4.69, 9.17) is 4.74 Å².